The zero-order valence-corrected chi connectivity index (χ0v) is 10.5. The van der Waals surface area contributed by atoms with Gasteiger partial charge in [0.25, 0.3) is 0 Å². The van der Waals surface area contributed by atoms with Crippen LogP contribution in [0.3, 0.4) is 0 Å². The third kappa shape index (κ3) is 3.78. The van der Waals surface area contributed by atoms with Gasteiger partial charge in [0.05, 0.1) is 13.0 Å². The summed E-state index contributed by atoms with van der Waals surface area (Å²) in [6, 6.07) is 3.50. The first kappa shape index (κ1) is 13.5. The maximum atomic E-state index is 13.1. The average molecular weight is 263 g/mol. The number of amides is 1. The average Bonchev–Trinajstić information content (AvgIpc) is 3.17. The van der Waals surface area contributed by atoms with E-state index in [2.05, 4.69) is 5.92 Å². The van der Waals surface area contributed by atoms with Gasteiger partial charge in [0, 0.05) is 6.54 Å². The van der Waals surface area contributed by atoms with Gasteiger partial charge in [-0.15, -0.1) is 6.42 Å². The fourth-order valence-corrected chi connectivity index (χ4v) is 1.91. The minimum atomic E-state index is -0.934. The van der Waals surface area contributed by atoms with E-state index in [1.165, 1.54) is 6.07 Å². The molecule has 0 unspecified atom stereocenters. The molecule has 0 spiro atoms. The van der Waals surface area contributed by atoms with Crippen molar-refractivity contribution in [3.63, 3.8) is 0 Å². The summed E-state index contributed by atoms with van der Waals surface area (Å²) in [4.78, 5) is 13.7. The molecule has 0 bridgehead atoms. The highest BCUT2D eigenvalue weighted by Crippen LogP contribution is 2.29. The van der Waals surface area contributed by atoms with Gasteiger partial charge >= 0.3 is 0 Å². The van der Waals surface area contributed by atoms with Crippen molar-refractivity contribution in [1.82, 2.24) is 4.90 Å². The molecule has 0 aromatic heterocycles. The van der Waals surface area contributed by atoms with Crippen molar-refractivity contribution in [3.05, 3.63) is 35.4 Å². The Morgan fingerprint density at radius 1 is 1.37 bits per heavy atom. The molecule has 2 nitrogen and oxygen atoms in total. The molecule has 1 aliphatic carbocycles. The molecule has 0 saturated heterocycles. The number of benzene rings is 1. The molecule has 0 atom stereocenters. The van der Waals surface area contributed by atoms with Crippen molar-refractivity contribution < 1.29 is 13.6 Å². The minimum Gasteiger partial charge on any atom is -0.331 e. The van der Waals surface area contributed by atoms with Crippen LogP contribution in [0.5, 0.6) is 0 Å². The Hall–Kier alpha value is -1.89. The number of nitrogens with zero attached hydrogens (tertiary/aromatic N) is 1. The summed E-state index contributed by atoms with van der Waals surface area (Å²) < 4.78 is 25.9. The van der Waals surface area contributed by atoms with E-state index in [1.54, 1.807) is 4.90 Å². The SMILES string of the molecule is C#CCN(CC1CC1)C(=O)Cc1ccc(F)c(F)c1. The molecule has 100 valence electrons. The third-order valence-corrected chi connectivity index (χ3v) is 3.15. The van der Waals surface area contributed by atoms with Gasteiger partial charge in [-0.2, -0.15) is 0 Å². The molecule has 0 radical (unpaired) electrons. The summed E-state index contributed by atoms with van der Waals surface area (Å²) in [5, 5.41) is 0. The number of terminal acetylenes is 1. The van der Waals surface area contributed by atoms with E-state index in [9.17, 15) is 13.6 Å². The molecule has 1 saturated carbocycles. The molecule has 2 rings (SSSR count). The van der Waals surface area contributed by atoms with E-state index in [0.29, 0.717) is 18.0 Å². The standard InChI is InChI=1S/C15H15F2NO/c1-2-7-18(10-11-3-4-11)15(19)9-12-5-6-13(16)14(17)8-12/h1,5-6,8,11H,3-4,7,9-10H2. The van der Waals surface area contributed by atoms with Gasteiger partial charge in [-0.25, -0.2) is 8.78 Å². The van der Waals surface area contributed by atoms with E-state index >= 15 is 0 Å². The quantitative estimate of drug-likeness (QED) is 0.747. The number of carbonyl (C=O) groups excluding carboxylic acids is 1. The molecule has 1 aromatic rings. The van der Waals surface area contributed by atoms with Crippen molar-refractivity contribution in [2.45, 2.75) is 19.3 Å². The summed E-state index contributed by atoms with van der Waals surface area (Å²) >= 11 is 0. The highest BCUT2D eigenvalue weighted by Gasteiger charge is 2.26. The first-order valence-corrected chi connectivity index (χ1v) is 6.25. The number of hydrogen-bond donors (Lipinski definition) is 0. The first-order valence-electron chi connectivity index (χ1n) is 6.25. The topological polar surface area (TPSA) is 20.3 Å². The van der Waals surface area contributed by atoms with Crippen molar-refractivity contribution in [2.24, 2.45) is 5.92 Å². The number of rotatable bonds is 5. The van der Waals surface area contributed by atoms with Crippen molar-refractivity contribution >= 4 is 5.91 Å². The summed E-state index contributed by atoms with van der Waals surface area (Å²) in [5.41, 5.74) is 0.460. The molecule has 4 heteroatoms. The van der Waals surface area contributed by atoms with Crippen LogP contribution in [0.4, 0.5) is 8.78 Å². The maximum absolute atomic E-state index is 13.1. The lowest BCUT2D eigenvalue weighted by Crippen LogP contribution is -2.34. The molecule has 1 aliphatic rings. The van der Waals surface area contributed by atoms with Crippen LogP contribution in [-0.2, 0) is 11.2 Å². The lowest BCUT2D eigenvalue weighted by molar-refractivity contribution is -0.130. The second kappa shape index (κ2) is 5.83. The van der Waals surface area contributed by atoms with Crippen LogP contribution in [-0.4, -0.2) is 23.9 Å². The number of halogens is 2. The van der Waals surface area contributed by atoms with Gasteiger partial charge < -0.3 is 4.90 Å². The molecule has 1 aromatic carbocycles. The molecule has 19 heavy (non-hydrogen) atoms. The van der Waals surface area contributed by atoms with Gasteiger partial charge in [0.15, 0.2) is 11.6 Å². The second-order valence-electron chi connectivity index (χ2n) is 4.85. The second-order valence-corrected chi connectivity index (χ2v) is 4.85. The zero-order chi connectivity index (χ0) is 13.8. The maximum Gasteiger partial charge on any atom is 0.227 e. The van der Waals surface area contributed by atoms with Crippen molar-refractivity contribution in [1.29, 1.82) is 0 Å². The Labute approximate surface area is 111 Å². The molecular formula is C15H15F2NO. The van der Waals surface area contributed by atoms with Gasteiger partial charge in [-0.1, -0.05) is 12.0 Å². The highest BCUT2D eigenvalue weighted by molar-refractivity contribution is 5.79. The Bertz CT molecular complexity index is 517. The predicted molar refractivity (Wildman–Crippen MR) is 68.2 cm³/mol. The van der Waals surface area contributed by atoms with E-state index < -0.39 is 11.6 Å². The highest BCUT2D eigenvalue weighted by atomic mass is 19.2. The summed E-state index contributed by atoms with van der Waals surface area (Å²) in [7, 11) is 0. The normalized spacial score (nSPS) is 13.9. The van der Waals surface area contributed by atoms with E-state index in [4.69, 9.17) is 6.42 Å². The Kier molecular flexibility index (Phi) is 4.16. The van der Waals surface area contributed by atoms with E-state index in [-0.39, 0.29) is 18.9 Å². The van der Waals surface area contributed by atoms with Crippen LogP contribution in [0.15, 0.2) is 18.2 Å². The summed E-state index contributed by atoms with van der Waals surface area (Å²) in [6.07, 6.45) is 7.54. The lowest BCUT2D eigenvalue weighted by Gasteiger charge is -2.20. The number of hydrogen-bond acceptors (Lipinski definition) is 1. The zero-order valence-electron chi connectivity index (χ0n) is 10.5. The van der Waals surface area contributed by atoms with Crippen LogP contribution in [0.25, 0.3) is 0 Å². The summed E-state index contributed by atoms with van der Waals surface area (Å²) in [5.74, 6) is 1.02. The first-order chi connectivity index (χ1) is 9.10. The number of carbonyl (C=O) groups is 1. The molecule has 1 fully saturated rings. The Balaban J connectivity index is 2.00. The lowest BCUT2D eigenvalue weighted by atomic mass is 10.1. The van der Waals surface area contributed by atoms with Crippen LogP contribution < -0.4 is 0 Å². The third-order valence-electron chi connectivity index (χ3n) is 3.15. The fourth-order valence-electron chi connectivity index (χ4n) is 1.91. The van der Waals surface area contributed by atoms with Crippen molar-refractivity contribution in [2.75, 3.05) is 13.1 Å². The summed E-state index contributed by atoms with van der Waals surface area (Å²) in [6.45, 7) is 0.922. The monoisotopic (exact) mass is 263 g/mol. The van der Waals surface area contributed by atoms with E-state index in [1.807, 2.05) is 0 Å². The van der Waals surface area contributed by atoms with Crippen molar-refractivity contribution in [3.8, 4) is 12.3 Å². The van der Waals surface area contributed by atoms with Crippen LogP contribution in [0.1, 0.15) is 18.4 Å². The van der Waals surface area contributed by atoms with Crippen LogP contribution in [0, 0.1) is 29.9 Å². The molecule has 0 aliphatic heterocycles. The fraction of sp³-hybridized carbons (Fsp3) is 0.400. The minimum absolute atomic E-state index is 0.0472. The Morgan fingerprint density at radius 2 is 2.11 bits per heavy atom. The molecule has 1 amide bonds. The predicted octanol–water partition coefficient (Wildman–Crippen LogP) is 2.38. The molecular weight excluding hydrogens is 248 g/mol. The van der Waals surface area contributed by atoms with E-state index in [0.717, 1.165) is 25.0 Å². The molecule has 0 N–H and O–H groups in total. The smallest absolute Gasteiger partial charge is 0.227 e. The van der Waals surface area contributed by atoms with Gasteiger partial charge in [-0.3, -0.25) is 4.79 Å². The molecule has 0 heterocycles. The van der Waals surface area contributed by atoms with Gasteiger partial charge in [-0.05, 0) is 36.5 Å². The van der Waals surface area contributed by atoms with Gasteiger partial charge in [0.2, 0.25) is 5.91 Å². The largest absolute Gasteiger partial charge is 0.331 e. The van der Waals surface area contributed by atoms with Crippen LogP contribution >= 0.6 is 0 Å². The van der Waals surface area contributed by atoms with Crippen LogP contribution in [0.2, 0.25) is 0 Å². The van der Waals surface area contributed by atoms with Gasteiger partial charge in [0.1, 0.15) is 0 Å². The Morgan fingerprint density at radius 3 is 2.68 bits per heavy atom.